The highest BCUT2D eigenvalue weighted by molar-refractivity contribution is 5.97. The smallest absolute Gasteiger partial charge is 0.242 e. The third-order valence-electron chi connectivity index (χ3n) is 4.30. The lowest BCUT2D eigenvalue weighted by molar-refractivity contribution is -0.132. The average Bonchev–Trinajstić information content (AvgIpc) is 2.59. The van der Waals surface area contributed by atoms with Gasteiger partial charge in [0.15, 0.2) is 0 Å². The Bertz CT molecular complexity index is 775. The number of carbonyl (C=O) groups is 2. The van der Waals surface area contributed by atoms with E-state index in [-0.39, 0.29) is 24.0 Å². The van der Waals surface area contributed by atoms with Crippen molar-refractivity contribution < 1.29 is 14.0 Å². The summed E-state index contributed by atoms with van der Waals surface area (Å²) in [7, 11) is 0. The van der Waals surface area contributed by atoms with Crippen LogP contribution in [0, 0.1) is 5.82 Å². The Hall–Kier alpha value is -2.69. The number of benzene rings is 2. The Morgan fingerprint density at radius 1 is 1.08 bits per heavy atom. The van der Waals surface area contributed by atoms with Gasteiger partial charge >= 0.3 is 0 Å². The summed E-state index contributed by atoms with van der Waals surface area (Å²) in [5.41, 5.74) is 2.51. The van der Waals surface area contributed by atoms with E-state index < -0.39 is 5.82 Å². The summed E-state index contributed by atoms with van der Waals surface area (Å²) in [6.45, 7) is 2.32. The van der Waals surface area contributed by atoms with E-state index in [2.05, 4.69) is 6.07 Å². The number of amides is 2. The van der Waals surface area contributed by atoms with Crippen molar-refractivity contribution in [1.82, 2.24) is 4.90 Å². The Morgan fingerprint density at radius 2 is 1.75 bits per heavy atom. The zero-order valence-electron chi connectivity index (χ0n) is 13.5. The molecule has 1 heterocycles. The largest absolute Gasteiger partial charge is 0.336 e. The molecule has 0 saturated heterocycles. The molecule has 0 saturated carbocycles. The molecule has 3 rings (SSSR count). The Labute approximate surface area is 140 Å². The van der Waals surface area contributed by atoms with Gasteiger partial charge in [-0.1, -0.05) is 36.4 Å². The topological polar surface area (TPSA) is 40.6 Å². The molecule has 0 radical (unpaired) electrons. The van der Waals surface area contributed by atoms with Crippen molar-refractivity contribution in [2.75, 3.05) is 18.0 Å². The van der Waals surface area contributed by atoms with Gasteiger partial charge in [-0.2, -0.15) is 0 Å². The monoisotopic (exact) mass is 326 g/mol. The second kappa shape index (κ2) is 6.83. The number of halogens is 1. The van der Waals surface area contributed by atoms with E-state index >= 15 is 0 Å². The van der Waals surface area contributed by atoms with E-state index in [1.807, 2.05) is 18.2 Å². The predicted octanol–water partition coefficient (Wildman–Crippen LogP) is 2.76. The van der Waals surface area contributed by atoms with Crippen molar-refractivity contribution >= 4 is 17.5 Å². The van der Waals surface area contributed by atoms with Crippen molar-refractivity contribution in [2.24, 2.45) is 0 Å². The molecule has 4 nitrogen and oxygen atoms in total. The van der Waals surface area contributed by atoms with E-state index in [1.54, 1.807) is 17.0 Å². The molecule has 0 unspecified atom stereocenters. The quantitative estimate of drug-likeness (QED) is 0.870. The standard InChI is InChI=1S/C19H19FN2O2/c1-14(23)22(18-9-5-4-8-17(18)20)13-19(24)21-11-10-15-6-2-3-7-16(15)12-21/h2-9H,10-13H2,1H3. The number of fused-ring (bicyclic) bond motifs is 1. The number of hydrogen-bond donors (Lipinski definition) is 0. The molecule has 0 spiro atoms. The van der Waals surface area contributed by atoms with Crippen LogP contribution in [0.4, 0.5) is 10.1 Å². The molecule has 0 bridgehead atoms. The lowest BCUT2D eigenvalue weighted by Crippen LogP contribution is -2.44. The molecule has 124 valence electrons. The van der Waals surface area contributed by atoms with E-state index in [4.69, 9.17) is 0 Å². The number of para-hydroxylation sites is 1. The molecule has 0 aromatic heterocycles. The lowest BCUT2D eigenvalue weighted by atomic mass is 10.00. The van der Waals surface area contributed by atoms with Crippen molar-refractivity contribution in [2.45, 2.75) is 19.9 Å². The zero-order chi connectivity index (χ0) is 17.1. The van der Waals surface area contributed by atoms with Gasteiger partial charge in [0.05, 0.1) is 5.69 Å². The normalized spacial score (nSPS) is 13.3. The first kappa shape index (κ1) is 16.2. The first-order chi connectivity index (χ1) is 11.6. The minimum absolute atomic E-state index is 0.135. The van der Waals surface area contributed by atoms with Gasteiger partial charge in [0, 0.05) is 20.0 Å². The zero-order valence-corrected chi connectivity index (χ0v) is 13.5. The Kier molecular flexibility index (Phi) is 4.60. The fourth-order valence-electron chi connectivity index (χ4n) is 2.98. The second-order valence-corrected chi connectivity index (χ2v) is 5.89. The van der Waals surface area contributed by atoms with E-state index in [1.165, 1.54) is 29.5 Å². The maximum Gasteiger partial charge on any atom is 0.242 e. The molecule has 2 amide bonds. The molecule has 24 heavy (non-hydrogen) atoms. The summed E-state index contributed by atoms with van der Waals surface area (Å²) in [5, 5.41) is 0. The van der Waals surface area contributed by atoms with Crippen LogP contribution >= 0.6 is 0 Å². The molecule has 2 aromatic carbocycles. The number of carbonyl (C=O) groups excluding carboxylic acids is 2. The van der Waals surface area contributed by atoms with Gasteiger partial charge in [0.25, 0.3) is 0 Å². The highest BCUT2D eigenvalue weighted by Crippen LogP contribution is 2.21. The summed E-state index contributed by atoms with van der Waals surface area (Å²) in [6, 6.07) is 14.0. The summed E-state index contributed by atoms with van der Waals surface area (Å²) < 4.78 is 14.0. The molecule has 0 N–H and O–H groups in total. The molecule has 1 aliphatic rings. The lowest BCUT2D eigenvalue weighted by Gasteiger charge is -2.31. The maximum absolute atomic E-state index is 14.0. The van der Waals surface area contributed by atoms with Crippen LogP contribution in [0.15, 0.2) is 48.5 Å². The number of hydrogen-bond acceptors (Lipinski definition) is 2. The third-order valence-corrected chi connectivity index (χ3v) is 4.30. The second-order valence-electron chi connectivity index (χ2n) is 5.89. The van der Waals surface area contributed by atoms with Gasteiger partial charge in [-0.15, -0.1) is 0 Å². The van der Waals surface area contributed by atoms with Crippen LogP contribution in [0.2, 0.25) is 0 Å². The van der Waals surface area contributed by atoms with Crippen LogP contribution in [-0.4, -0.2) is 29.8 Å². The minimum Gasteiger partial charge on any atom is -0.336 e. The molecule has 0 fully saturated rings. The van der Waals surface area contributed by atoms with Crippen LogP contribution in [0.5, 0.6) is 0 Å². The van der Waals surface area contributed by atoms with Crippen LogP contribution in [0.3, 0.4) is 0 Å². The van der Waals surface area contributed by atoms with Crippen LogP contribution < -0.4 is 4.90 Å². The highest BCUT2D eigenvalue weighted by atomic mass is 19.1. The minimum atomic E-state index is -0.510. The van der Waals surface area contributed by atoms with Gasteiger partial charge in [-0.3, -0.25) is 9.59 Å². The molecule has 2 aromatic rings. The molecular formula is C19H19FN2O2. The van der Waals surface area contributed by atoms with Crippen molar-refractivity contribution in [3.05, 3.63) is 65.5 Å². The van der Waals surface area contributed by atoms with Crippen molar-refractivity contribution in [1.29, 1.82) is 0 Å². The first-order valence-electron chi connectivity index (χ1n) is 7.93. The van der Waals surface area contributed by atoms with Gasteiger partial charge < -0.3 is 9.80 Å². The first-order valence-corrected chi connectivity index (χ1v) is 7.93. The van der Waals surface area contributed by atoms with Crippen molar-refractivity contribution in [3.8, 4) is 0 Å². The van der Waals surface area contributed by atoms with E-state index in [9.17, 15) is 14.0 Å². The Morgan fingerprint density at radius 3 is 2.46 bits per heavy atom. The molecule has 0 atom stereocenters. The SMILES string of the molecule is CC(=O)N(CC(=O)N1CCc2ccccc2C1)c1ccccc1F. The molecule has 0 aliphatic carbocycles. The summed E-state index contributed by atoms with van der Waals surface area (Å²) in [5.74, 6) is -1.04. The number of nitrogens with zero attached hydrogens (tertiary/aromatic N) is 2. The average molecular weight is 326 g/mol. The highest BCUT2D eigenvalue weighted by Gasteiger charge is 2.25. The Balaban J connectivity index is 1.76. The van der Waals surface area contributed by atoms with E-state index in [0.29, 0.717) is 13.1 Å². The predicted molar refractivity (Wildman–Crippen MR) is 90.0 cm³/mol. The van der Waals surface area contributed by atoms with Crippen LogP contribution in [0.1, 0.15) is 18.1 Å². The van der Waals surface area contributed by atoms with Gasteiger partial charge in [-0.25, -0.2) is 4.39 Å². The van der Waals surface area contributed by atoms with Crippen LogP contribution in [0.25, 0.3) is 0 Å². The number of rotatable bonds is 3. The fraction of sp³-hybridized carbons (Fsp3) is 0.263. The summed E-state index contributed by atoms with van der Waals surface area (Å²) in [4.78, 5) is 27.4. The summed E-state index contributed by atoms with van der Waals surface area (Å²) in [6.07, 6.45) is 0.793. The molecule has 1 aliphatic heterocycles. The van der Waals surface area contributed by atoms with E-state index in [0.717, 1.165) is 12.0 Å². The fourth-order valence-corrected chi connectivity index (χ4v) is 2.98. The van der Waals surface area contributed by atoms with Gasteiger partial charge in [-0.05, 0) is 29.7 Å². The van der Waals surface area contributed by atoms with Crippen molar-refractivity contribution in [3.63, 3.8) is 0 Å². The summed E-state index contributed by atoms with van der Waals surface area (Å²) >= 11 is 0. The third kappa shape index (κ3) is 3.30. The van der Waals surface area contributed by atoms with Gasteiger partial charge in [0.2, 0.25) is 11.8 Å². The van der Waals surface area contributed by atoms with Gasteiger partial charge in [0.1, 0.15) is 12.4 Å². The molecule has 5 heteroatoms. The maximum atomic E-state index is 14.0. The number of anilines is 1. The molecular weight excluding hydrogens is 307 g/mol. The van der Waals surface area contributed by atoms with Crippen LogP contribution in [-0.2, 0) is 22.6 Å².